The monoisotopic (exact) mass is 285 g/mol. The number of hydrogen-bond donors (Lipinski definition) is 3. The zero-order valence-corrected chi connectivity index (χ0v) is 12.0. The van der Waals surface area contributed by atoms with Gasteiger partial charge < -0.3 is 10.4 Å². The molecular weight excluding hydrogens is 270 g/mol. The fourth-order valence-electron chi connectivity index (χ4n) is 1.38. The number of carbonyl (C=O) groups is 1. The SMILES string of the molecule is Cc1cc2sc(NC(=O)NC(C)(C)CO)nc2s1. The highest BCUT2D eigenvalue weighted by atomic mass is 32.1. The van der Waals surface area contributed by atoms with E-state index in [0.717, 1.165) is 9.53 Å². The summed E-state index contributed by atoms with van der Waals surface area (Å²) in [7, 11) is 0. The van der Waals surface area contributed by atoms with Gasteiger partial charge in [0.1, 0.15) is 4.83 Å². The minimum Gasteiger partial charge on any atom is -0.394 e. The maximum absolute atomic E-state index is 11.7. The van der Waals surface area contributed by atoms with E-state index in [1.54, 1.807) is 25.2 Å². The molecule has 0 unspecified atom stereocenters. The summed E-state index contributed by atoms with van der Waals surface area (Å²) in [5.74, 6) is 0. The fourth-order valence-corrected chi connectivity index (χ4v) is 3.40. The van der Waals surface area contributed by atoms with E-state index in [2.05, 4.69) is 21.7 Å². The largest absolute Gasteiger partial charge is 0.394 e. The van der Waals surface area contributed by atoms with Crippen molar-refractivity contribution in [3.05, 3.63) is 10.9 Å². The zero-order chi connectivity index (χ0) is 13.3. The lowest BCUT2D eigenvalue weighted by Gasteiger charge is -2.22. The Bertz CT molecular complexity index is 542. The van der Waals surface area contributed by atoms with Crippen LogP contribution in [0.4, 0.5) is 9.93 Å². The van der Waals surface area contributed by atoms with Crippen molar-refractivity contribution in [2.75, 3.05) is 11.9 Å². The summed E-state index contributed by atoms with van der Waals surface area (Å²) in [5, 5.41) is 15.0. The van der Waals surface area contributed by atoms with Crippen LogP contribution in [-0.2, 0) is 0 Å². The van der Waals surface area contributed by atoms with E-state index in [0.29, 0.717) is 5.13 Å². The summed E-state index contributed by atoms with van der Waals surface area (Å²) in [6.07, 6.45) is 0. The summed E-state index contributed by atoms with van der Waals surface area (Å²) >= 11 is 3.05. The number of hydrogen-bond acceptors (Lipinski definition) is 5. The number of aryl methyl sites for hydroxylation is 1. The molecule has 3 N–H and O–H groups in total. The van der Waals surface area contributed by atoms with Crippen molar-refractivity contribution in [2.24, 2.45) is 0 Å². The minimum absolute atomic E-state index is 0.118. The van der Waals surface area contributed by atoms with Crippen LogP contribution in [-0.4, -0.2) is 28.3 Å². The molecule has 7 heteroatoms. The van der Waals surface area contributed by atoms with Crippen molar-refractivity contribution >= 4 is 43.4 Å². The summed E-state index contributed by atoms with van der Waals surface area (Å²) in [4.78, 5) is 18.2. The van der Waals surface area contributed by atoms with Crippen molar-refractivity contribution in [2.45, 2.75) is 26.3 Å². The second kappa shape index (κ2) is 4.83. The molecule has 0 radical (unpaired) electrons. The third kappa shape index (κ3) is 2.98. The number of aliphatic hydroxyl groups excluding tert-OH is 1. The number of anilines is 1. The Morgan fingerprint density at radius 1 is 1.50 bits per heavy atom. The molecule has 2 aromatic rings. The van der Waals surface area contributed by atoms with Crippen molar-refractivity contribution < 1.29 is 9.90 Å². The molecule has 0 aliphatic heterocycles. The normalized spacial score (nSPS) is 11.8. The third-order valence-corrected chi connectivity index (χ3v) is 4.27. The molecule has 0 aliphatic carbocycles. The van der Waals surface area contributed by atoms with E-state index in [1.165, 1.54) is 16.2 Å². The smallest absolute Gasteiger partial charge is 0.321 e. The molecule has 0 bridgehead atoms. The minimum atomic E-state index is -0.644. The summed E-state index contributed by atoms with van der Waals surface area (Å²) in [5.41, 5.74) is -0.644. The Kier molecular flexibility index (Phi) is 3.56. The average molecular weight is 285 g/mol. The first-order valence-corrected chi connectivity index (χ1v) is 7.10. The average Bonchev–Trinajstić information content (AvgIpc) is 2.73. The lowest BCUT2D eigenvalue weighted by atomic mass is 10.1. The Morgan fingerprint density at radius 2 is 2.22 bits per heavy atom. The zero-order valence-electron chi connectivity index (χ0n) is 10.4. The lowest BCUT2D eigenvalue weighted by molar-refractivity contribution is 0.187. The van der Waals surface area contributed by atoms with Gasteiger partial charge in [-0.05, 0) is 26.8 Å². The number of thiazole rings is 1. The summed E-state index contributed by atoms with van der Waals surface area (Å²) < 4.78 is 1.08. The molecule has 18 heavy (non-hydrogen) atoms. The molecule has 2 rings (SSSR count). The fraction of sp³-hybridized carbons (Fsp3) is 0.455. The van der Waals surface area contributed by atoms with Crippen LogP contribution in [0, 0.1) is 6.92 Å². The van der Waals surface area contributed by atoms with Crippen LogP contribution in [0.1, 0.15) is 18.7 Å². The molecule has 2 aromatic heterocycles. The van der Waals surface area contributed by atoms with Gasteiger partial charge in [-0.2, -0.15) is 0 Å². The van der Waals surface area contributed by atoms with Crippen molar-refractivity contribution in [1.29, 1.82) is 0 Å². The van der Waals surface area contributed by atoms with Crippen LogP contribution in [0.15, 0.2) is 6.07 Å². The molecule has 0 aliphatic rings. The van der Waals surface area contributed by atoms with Crippen LogP contribution < -0.4 is 10.6 Å². The molecule has 0 saturated carbocycles. The van der Waals surface area contributed by atoms with Gasteiger partial charge in [-0.1, -0.05) is 11.3 Å². The van der Waals surface area contributed by atoms with Crippen molar-refractivity contribution in [3.63, 3.8) is 0 Å². The van der Waals surface area contributed by atoms with Gasteiger partial charge in [0.2, 0.25) is 0 Å². The number of fused-ring (bicyclic) bond motifs is 1. The van der Waals surface area contributed by atoms with Gasteiger partial charge in [-0.3, -0.25) is 5.32 Å². The Morgan fingerprint density at radius 3 is 2.83 bits per heavy atom. The van der Waals surface area contributed by atoms with Crippen molar-refractivity contribution in [3.8, 4) is 0 Å². The van der Waals surface area contributed by atoms with E-state index in [-0.39, 0.29) is 12.6 Å². The highest BCUT2D eigenvalue weighted by Gasteiger charge is 2.19. The van der Waals surface area contributed by atoms with Gasteiger partial charge >= 0.3 is 6.03 Å². The number of aromatic nitrogens is 1. The number of urea groups is 1. The number of rotatable bonds is 3. The van der Waals surface area contributed by atoms with E-state index in [4.69, 9.17) is 5.11 Å². The first-order valence-electron chi connectivity index (χ1n) is 5.46. The predicted molar refractivity (Wildman–Crippen MR) is 75.6 cm³/mol. The number of aliphatic hydroxyl groups is 1. The first-order chi connectivity index (χ1) is 8.39. The molecule has 98 valence electrons. The second-order valence-electron chi connectivity index (χ2n) is 4.67. The molecule has 0 spiro atoms. The second-order valence-corrected chi connectivity index (χ2v) is 6.93. The van der Waals surface area contributed by atoms with E-state index in [1.807, 2.05) is 6.92 Å². The molecule has 0 atom stereocenters. The number of amides is 2. The van der Waals surface area contributed by atoms with E-state index >= 15 is 0 Å². The molecule has 0 fully saturated rings. The number of carbonyl (C=O) groups excluding carboxylic acids is 1. The third-order valence-electron chi connectivity index (χ3n) is 2.28. The van der Waals surface area contributed by atoms with Gasteiger partial charge in [0, 0.05) is 4.88 Å². The number of nitrogens with one attached hydrogen (secondary N) is 2. The number of nitrogens with zero attached hydrogens (tertiary/aromatic N) is 1. The standard InChI is InChI=1S/C11H15N3O2S2/c1-6-4-7-8(17-6)12-10(18-7)13-9(16)14-11(2,3)5-15/h4,15H,5H2,1-3H3,(H2,12,13,14,16). The highest BCUT2D eigenvalue weighted by Crippen LogP contribution is 2.32. The van der Waals surface area contributed by atoms with Gasteiger partial charge in [-0.25, -0.2) is 9.78 Å². The quantitative estimate of drug-likeness (QED) is 0.811. The maximum atomic E-state index is 11.7. The molecule has 5 nitrogen and oxygen atoms in total. The first kappa shape index (κ1) is 13.3. The van der Waals surface area contributed by atoms with Gasteiger partial charge in [-0.15, -0.1) is 11.3 Å². The topological polar surface area (TPSA) is 74.2 Å². The lowest BCUT2D eigenvalue weighted by Crippen LogP contribution is -2.48. The van der Waals surface area contributed by atoms with Crippen LogP contribution >= 0.6 is 22.7 Å². The molecular formula is C11H15N3O2S2. The van der Waals surface area contributed by atoms with Crippen LogP contribution in [0.2, 0.25) is 0 Å². The van der Waals surface area contributed by atoms with Gasteiger partial charge in [0.15, 0.2) is 5.13 Å². The maximum Gasteiger partial charge on any atom is 0.321 e. The summed E-state index contributed by atoms with van der Waals surface area (Å²) in [6.45, 7) is 5.40. The Labute approximate surface area is 113 Å². The van der Waals surface area contributed by atoms with Gasteiger partial charge in [0.05, 0.1) is 16.8 Å². The molecule has 2 heterocycles. The summed E-state index contributed by atoms with van der Waals surface area (Å²) in [6, 6.07) is 1.70. The van der Waals surface area contributed by atoms with E-state index < -0.39 is 5.54 Å². The van der Waals surface area contributed by atoms with Crippen molar-refractivity contribution in [1.82, 2.24) is 10.3 Å². The Balaban J connectivity index is 2.04. The van der Waals surface area contributed by atoms with Crippen LogP contribution in [0.3, 0.4) is 0 Å². The van der Waals surface area contributed by atoms with Crippen LogP contribution in [0.25, 0.3) is 9.53 Å². The van der Waals surface area contributed by atoms with Crippen LogP contribution in [0.5, 0.6) is 0 Å². The number of thiophene rings is 1. The molecule has 0 aromatic carbocycles. The van der Waals surface area contributed by atoms with Gasteiger partial charge in [0.25, 0.3) is 0 Å². The Hall–Kier alpha value is -1.18. The predicted octanol–water partition coefficient (Wildman–Crippen LogP) is 2.56. The van der Waals surface area contributed by atoms with E-state index in [9.17, 15) is 4.79 Å². The molecule has 2 amide bonds. The highest BCUT2D eigenvalue weighted by molar-refractivity contribution is 7.29. The molecule has 0 saturated heterocycles.